The minimum Gasteiger partial charge on any atom is -0.489 e. The number of ether oxygens (including phenoxy) is 3. The van der Waals surface area contributed by atoms with E-state index in [1.807, 2.05) is 0 Å². The third kappa shape index (κ3) is 8.60. The van der Waals surface area contributed by atoms with E-state index < -0.39 is 47.1 Å². The molecule has 0 saturated heterocycles. The van der Waals surface area contributed by atoms with Crippen molar-refractivity contribution in [3.63, 3.8) is 0 Å². The molecule has 3 heterocycles. The average molecular weight is 777 g/mol. The van der Waals surface area contributed by atoms with Crippen molar-refractivity contribution >= 4 is 56.7 Å². The van der Waals surface area contributed by atoms with Gasteiger partial charge >= 0.3 is 12.6 Å². The number of fused-ring (bicyclic) bond motifs is 1. The summed E-state index contributed by atoms with van der Waals surface area (Å²) in [7, 11) is -3.83. The SMILES string of the molecule is CS(=O)(=O)N(Cc1ccncc1)c1ccc2c(c1)C(=O)N(CC(=O)O[C@@H](Cc1c(Cl)c[nH+]cc1Cl)c1ccc(OC(F)F)c(OCC3CC3)c1)C2=O. The highest BCUT2D eigenvalue weighted by Gasteiger charge is 2.38. The van der Waals surface area contributed by atoms with Crippen molar-refractivity contribution < 1.29 is 50.8 Å². The van der Waals surface area contributed by atoms with Gasteiger partial charge in [-0.3, -0.25) is 28.6 Å². The number of halogens is 4. The summed E-state index contributed by atoms with van der Waals surface area (Å²) in [6.07, 6.45) is 7.64. The number of amides is 2. The third-order valence-corrected chi connectivity index (χ3v) is 10.2. The maximum absolute atomic E-state index is 13.6. The molecule has 1 fully saturated rings. The molecule has 272 valence electrons. The second-order valence-corrected chi connectivity index (χ2v) is 14.9. The number of aromatic amines is 1. The molecule has 1 N–H and O–H groups in total. The van der Waals surface area contributed by atoms with Crippen LogP contribution in [0, 0.1) is 5.92 Å². The van der Waals surface area contributed by atoms with E-state index in [-0.39, 0.29) is 63.8 Å². The van der Waals surface area contributed by atoms with Crippen LogP contribution in [0.15, 0.2) is 73.3 Å². The molecule has 1 aliphatic carbocycles. The molecule has 52 heavy (non-hydrogen) atoms. The average Bonchev–Trinajstić information content (AvgIpc) is 3.90. The molecule has 0 bridgehead atoms. The van der Waals surface area contributed by atoms with Crippen LogP contribution in [0.25, 0.3) is 0 Å². The maximum atomic E-state index is 13.6. The minimum absolute atomic E-state index is 0.00700. The van der Waals surface area contributed by atoms with Crippen LogP contribution in [-0.2, 0) is 32.5 Å². The molecule has 12 nitrogen and oxygen atoms in total. The van der Waals surface area contributed by atoms with Gasteiger partial charge < -0.3 is 14.2 Å². The van der Waals surface area contributed by atoms with E-state index in [4.69, 9.17) is 32.7 Å². The van der Waals surface area contributed by atoms with Crippen molar-refractivity contribution in [3.05, 3.63) is 111 Å². The fourth-order valence-corrected chi connectivity index (χ4v) is 6.98. The first-order chi connectivity index (χ1) is 24.8. The lowest BCUT2D eigenvalue weighted by molar-refractivity contribution is -0.377. The molecule has 2 aliphatic rings. The van der Waals surface area contributed by atoms with Gasteiger partial charge in [0, 0.05) is 24.4 Å². The van der Waals surface area contributed by atoms with Crippen LogP contribution < -0.4 is 18.8 Å². The first kappa shape index (κ1) is 36.9. The Balaban J connectivity index is 1.25. The number of anilines is 1. The molecule has 1 saturated carbocycles. The number of carbonyl (C=O) groups excluding carboxylic acids is 3. The molecule has 4 aromatic rings. The Labute approximate surface area is 307 Å². The van der Waals surface area contributed by atoms with Crippen molar-refractivity contribution in [1.29, 1.82) is 0 Å². The normalized spacial score (nSPS) is 14.7. The lowest BCUT2D eigenvalue weighted by Crippen LogP contribution is -2.36. The predicted molar refractivity (Wildman–Crippen MR) is 184 cm³/mol. The number of carbonyl (C=O) groups is 3. The second kappa shape index (κ2) is 15.4. The number of H-pyrrole nitrogens is 1. The summed E-state index contributed by atoms with van der Waals surface area (Å²) >= 11 is 12.8. The first-order valence-electron chi connectivity index (χ1n) is 15.9. The van der Waals surface area contributed by atoms with Gasteiger partial charge in [-0.15, -0.1) is 0 Å². The fraction of sp³-hybridized carbons (Fsp3) is 0.286. The molecule has 17 heteroatoms. The number of pyridine rings is 2. The molecule has 0 spiro atoms. The zero-order chi connectivity index (χ0) is 37.2. The standard InChI is InChI=1S/C35H30Cl2F2N4O8S/c1-52(47,48)43(17-20-8-10-40-11-9-20)23-5-6-24-25(13-23)34(46)42(33(24)45)18-32(44)50-30(14-26-27(36)15-41-16-28(26)37)22-4-7-29(51-35(38)39)31(12-22)49-19-21-2-3-21/h4-13,15-16,21,30,35H,2-3,14,17-19H2,1H3/p+1/t30-/m0/s1. The topological polar surface area (TPSA) is 147 Å². The Morgan fingerprint density at radius 1 is 1.00 bits per heavy atom. The van der Waals surface area contributed by atoms with Crippen molar-refractivity contribution in [2.24, 2.45) is 5.92 Å². The summed E-state index contributed by atoms with van der Waals surface area (Å²) in [5.41, 5.74) is 1.35. The van der Waals surface area contributed by atoms with Gasteiger partial charge in [0.2, 0.25) is 10.0 Å². The van der Waals surface area contributed by atoms with Gasteiger partial charge in [-0.2, -0.15) is 8.78 Å². The summed E-state index contributed by atoms with van der Waals surface area (Å²) in [6.45, 7) is -3.71. The van der Waals surface area contributed by atoms with Gasteiger partial charge in [0.05, 0.1) is 36.2 Å². The highest BCUT2D eigenvalue weighted by atomic mass is 35.5. The summed E-state index contributed by atoms with van der Waals surface area (Å²) in [4.78, 5) is 47.9. The molecule has 1 atom stereocenters. The van der Waals surface area contributed by atoms with Gasteiger partial charge in [-0.05, 0) is 72.4 Å². The smallest absolute Gasteiger partial charge is 0.387 e. The van der Waals surface area contributed by atoms with Crippen molar-refractivity contribution in [2.75, 3.05) is 23.7 Å². The van der Waals surface area contributed by atoms with E-state index in [0.717, 1.165) is 23.4 Å². The minimum atomic E-state index is -3.83. The number of imide groups is 1. The molecular weight excluding hydrogens is 745 g/mol. The lowest BCUT2D eigenvalue weighted by Gasteiger charge is -2.23. The molecule has 2 aromatic heterocycles. The number of benzene rings is 2. The van der Waals surface area contributed by atoms with Crippen molar-refractivity contribution in [2.45, 2.75) is 38.5 Å². The molecule has 0 radical (unpaired) electrons. The number of sulfonamides is 1. The number of nitrogens with one attached hydrogen (secondary N) is 1. The largest absolute Gasteiger partial charge is 0.489 e. The molecule has 0 unspecified atom stereocenters. The molecule has 2 amide bonds. The first-order valence-corrected chi connectivity index (χ1v) is 18.5. The summed E-state index contributed by atoms with van der Waals surface area (Å²) in [5, 5.41) is 0.444. The van der Waals surface area contributed by atoms with E-state index >= 15 is 0 Å². The Morgan fingerprint density at radius 2 is 1.69 bits per heavy atom. The molecule has 6 rings (SSSR count). The zero-order valence-electron chi connectivity index (χ0n) is 27.4. The van der Waals surface area contributed by atoms with Crippen LogP contribution in [0.1, 0.15) is 56.4 Å². The van der Waals surface area contributed by atoms with E-state index in [1.54, 1.807) is 12.1 Å². The van der Waals surface area contributed by atoms with Crippen LogP contribution in [0.2, 0.25) is 10.0 Å². The number of hydrogen-bond acceptors (Lipinski definition) is 9. The quantitative estimate of drug-likeness (QED) is 0.110. The molecule has 1 aliphatic heterocycles. The van der Waals surface area contributed by atoms with E-state index in [9.17, 15) is 31.6 Å². The van der Waals surface area contributed by atoms with Gasteiger partial charge in [0.15, 0.2) is 23.9 Å². The fourth-order valence-electron chi connectivity index (χ4n) is 5.56. The Hall–Kier alpha value is -4.86. The monoisotopic (exact) mass is 775 g/mol. The van der Waals surface area contributed by atoms with Gasteiger partial charge in [0.1, 0.15) is 22.7 Å². The van der Waals surface area contributed by atoms with Gasteiger partial charge in [0.25, 0.3) is 11.8 Å². The molecular formula is C35H31Cl2F2N4O8S+. The van der Waals surface area contributed by atoms with Crippen LogP contribution in [0.3, 0.4) is 0 Å². The Kier molecular flexibility index (Phi) is 10.9. The second-order valence-electron chi connectivity index (χ2n) is 12.2. The summed E-state index contributed by atoms with van der Waals surface area (Å²) in [5.74, 6) is -2.53. The van der Waals surface area contributed by atoms with E-state index in [0.29, 0.717) is 21.6 Å². The Bertz CT molecular complexity index is 2100. The highest BCUT2D eigenvalue weighted by Crippen LogP contribution is 2.38. The van der Waals surface area contributed by atoms with E-state index in [2.05, 4.69) is 14.7 Å². The number of alkyl halides is 2. The summed E-state index contributed by atoms with van der Waals surface area (Å²) < 4.78 is 69.3. The van der Waals surface area contributed by atoms with Crippen LogP contribution in [0.5, 0.6) is 11.5 Å². The number of esters is 1. The number of aromatic nitrogens is 2. The molecule has 2 aromatic carbocycles. The van der Waals surface area contributed by atoms with Crippen molar-refractivity contribution in [3.8, 4) is 11.5 Å². The van der Waals surface area contributed by atoms with Gasteiger partial charge in [-0.1, -0.05) is 29.3 Å². The van der Waals surface area contributed by atoms with Crippen molar-refractivity contribution in [1.82, 2.24) is 9.88 Å². The van der Waals surface area contributed by atoms with Crippen LogP contribution in [0.4, 0.5) is 14.5 Å². The highest BCUT2D eigenvalue weighted by molar-refractivity contribution is 7.92. The maximum Gasteiger partial charge on any atom is 0.387 e. The lowest BCUT2D eigenvalue weighted by atomic mass is 10.0. The Morgan fingerprint density at radius 3 is 2.35 bits per heavy atom. The summed E-state index contributed by atoms with van der Waals surface area (Å²) in [6, 6.07) is 11.4. The van der Waals surface area contributed by atoms with Gasteiger partial charge in [-0.25, -0.2) is 13.4 Å². The predicted octanol–water partition coefficient (Wildman–Crippen LogP) is 5.68. The van der Waals surface area contributed by atoms with E-state index in [1.165, 1.54) is 61.2 Å². The number of hydrogen-bond donors (Lipinski definition) is 0. The third-order valence-electron chi connectivity index (χ3n) is 8.39. The van der Waals surface area contributed by atoms with Crippen LogP contribution in [-0.4, -0.2) is 62.1 Å². The van der Waals surface area contributed by atoms with Crippen LogP contribution >= 0.6 is 23.2 Å². The number of rotatable bonds is 15. The zero-order valence-corrected chi connectivity index (χ0v) is 29.8. The number of nitrogens with zero attached hydrogens (tertiary/aromatic N) is 3.